The van der Waals surface area contributed by atoms with Crippen molar-refractivity contribution in [2.45, 2.75) is 13.3 Å². The van der Waals surface area contributed by atoms with Gasteiger partial charge in [-0.15, -0.1) is 0 Å². The minimum absolute atomic E-state index is 0.397. The van der Waals surface area contributed by atoms with Crippen molar-refractivity contribution in [2.24, 2.45) is 17.5 Å². The molecule has 1 aromatic rings. The first-order chi connectivity index (χ1) is 9.10. The zero-order chi connectivity index (χ0) is 13.8. The third kappa shape index (κ3) is 3.25. The quantitative estimate of drug-likeness (QED) is 0.561. The fraction of sp³-hybridized carbons (Fsp3) is 0.231. The number of hydrogen-bond donors (Lipinski definition) is 3. The summed E-state index contributed by atoms with van der Waals surface area (Å²) in [4.78, 5) is 0. The number of benzene rings is 1. The van der Waals surface area contributed by atoms with Crippen molar-refractivity contribution in [3.63, 3.8) is 0 Å². The number of nitrogens with two attached hydrogens (primary N) is 2. The van der Waals surface area contributed by atoms with E-state index in [2.05, 4.69) is 6.92 Å². The van der Waals surface area contributed by atoms with Gasteiger partial charge in [-0.1, -0.05) is 13.0 Å². The van der Waals surface area contributed by atoms with Gasteiger partial charge < -0.3 is 20.9 Å². The van der Waals surface area contributed by atoms with Crippen molar-refractivity contribution in [3.8, 4) is 5.75 Å². The summed E-state index contributed by atoms with van der Waals surface area (Å²) in [5.41, 5.74) is 8.90. The summed E-state index contributed by atoms with van der Waals surface area (Å²) in [6.07, 6.45) is 4.67. The predicted molar refractivity (Wildman–Crippen MR) is 74.4 cm³/mol. The van der Waals surface area contributed by atoms with Crippen LogP contribution in [0.5, 0.6) is 5.75 Å². The van der Waals surface area contributed by atoms with Crippen molar-refractivity contribution in [1.29, 1.82) is 0 Å². The molecule has 0 aliphatic heterocycles. The van der Waals surface area contributed by atoms with Gasteiger partial charge in [-0.25, -0.2) is 0 Å². The van der Waals surface area contributed by atoms with Gasteiger partial charge in [0.1, 0.15) is 11.5 Å². The maximum Gasteiger partial charge on any atom is 0.127 e. The highest BCUT2D eigenvalue weighted by molar-refractivity contribution is 5.48. The van der Waals surface area contributed by atoms with Crippen molar-refractivity contribution in [1.82, 2.24) is 5.53 Å². The summed E-state index contributed by atoms with van der Waals surface area (Å²) in [6.45, 7) is 2.09. The summed E-state index contributed by atoms with van der Waals surface area (Å²) >= 11 is 0. The molecule has 0 fully saturated rings. The van der Waals surface area contributed by atoms with Gasteiger partial charge >= 0.3 is 0 Å². The zero-order valence-corrected chi connectivity index (χ0v) is 10.7. The molecule has 19 heavy (non-hydrogen) atoms. The second-order valence-corrected chi connectivity index (χ2v) is 4.44. The number of hydrogen-bond acceptors (Lipinski definition) is 6. The van der Waals surface area contributed by atoms with E-state index in [1.165, 1.54) is 0 Å². The van der Waals surface area contributed by atoms with E-state index in [9.17, 15) is 5.21 Å². The predicted octanol–water partition coefficient (Wildman–Crippen LogP) is 1.51. The Hall–Kier alpha value is -2.02. The Balaban J connectivity index is 2.10. The van der Waals surface area contributed by atoms with Gasteiger partial charge in [-0.05, 0) is 36.3 Å². The van der Waals surface area contributed by atoms with Crippen LogP contribution in [-0.4, -0.2) is 0 Å². The fourth-order valence-corrected chi connectivity index (χ4v) is 1.81. The number of hydrazine groups is 2. The van der Waals surface area contributed by atoms with E-state index in [1.54, 1.807) is 24.3 Å². The summed E-state index contributed by atoms with van der Waals surface area (Å²) in [7, 11) is 0. The van der Waals surface area contributed by atoms with Gasteiger partial charge in [0, 0.05) is 12.1 Å². The Morgan fingerprint density at radius 2 is 2.05 bits per heavy atom. The first kappa shape index (κ1) is 13.4. The lowest BCUT2D eigenvalue weighted by atomic mass is 10.00. The van der Waals surface area contributed by atoms with Crippen LogP contribution in [0.2, 0.25) is 0 Å². The largest absolute Gasteiger partial charge is 0.742 e. The normalized spacial score (nSPS) is 18.6. The third-order valence-electron chi connectivity index (χ3n) is 2.86. The molecule has 0 spiro atoms. The van der Waals surface area contributed by atoms with E-state index >= 15 is 0 Å². The monoisotopic (exact) mass is 261 g/mol. The van der Waals surface area contributed by atoms with Crippen molar-refractivity contribution < 1.29 is 4.74 Å². The van der Waals surface area contributed by atoms with Crippen LogP contribution in [0.4, 0.5) is 5.69 Å². The van der Waals surface area contributed by atoms with E-state index in [0.29, 0.717) is 28.2 Å². The lowest BCUT2D eigenvalue weighted by molar-refractivity contribution is 0.378. The van der Waals surface area contributed by atoms with Crippen LogP contribution >= 0.6 is 0 Å². The molecule has 0 saturated heterocycles. The maximum absolute atomic E-state index is 11.2. The van der Waals surface area contributed by atoms with Gasteiger partial charge in [0.15, 0.2) is 0 Å². The van der Waals surface area contributed by atoms with Crippen LogP contribution in [0.3, 0.4) is 0 Å². The first-order valence-corrected chi connectivity index (χ1v) is 5.98. The van der Waals surface area contributed by atoms with E-state index in [0.717, 1.165) is 12.2 Å². The van der Waals surface area contributed by atoms with Crippen molar-refractivity contribution in [3.05, 3.63) is 53.1 Å². The van der Waals surface area contributed by atoms with E-state index in [1.807, 2.05) is 17.7 Å². The number of nitrogens with zero attached hydrogens (tertiary/aromatic N) is 1. The van der Waals surface area contributed by atoms with E-state index in [4.69, 9.17) is 16.3 Å². The molecule has 1 unspecified atom stereocenters. The highest BCUT2D eigenvalue weighted by Crippen LogP contribution is 2.25. The maximum atomic E-state index is 11.2. The summed E-state index contributed by atoms with van der Waals surface area (Å²) in [5.74, 6) is 6.81. The molecule has 0 saturated carbocycles. The molecule has 5 N–H and O–H groups in total. The number of nitrogens with one attached hydrogen (secondary N) is 1. The van der Waals surface area contributed by atoms with Crippen LogP contribution in [0.1, 0.15) is 13.3 Å². The summed E-state index contributed by atoms with van der Waals surface area (Å²) < 4.78 is 5.74. The molecule has 1 aliphatic carbocycles. The number of ether oxygens (including phenoxy) is 1. The Kier molecular flexibility index (Phi) is 4.06. The van der Waals surface area contributed by atoms with Gasteiger partial charge in [0.05, 0.1) is 5.70 Å². The molecule has 0 bridgehead atoms. The van der Waals surface area contributed by atoms with Gasteiger partial charge in [0.2, 0.25) is 0 Å². The molecule has 1 aromatic carbocycles. The number of rotatable bonds is 4. The first-order valence-electron chi connectivity index (χ1n) is 5.98. The van der Waals surface area contributed by atoms with Crippen LogP contribution in [-0.2, 0) is 0 Å². The molecule has 6 heteroatoms. The lowest BCUT2D eigenvalue weighted by Crippen LogP contribution is -2.38. The van der Waals surface area contributed by atoms with E-state index in [-0.39, 0.29) is 0 Å². The molecular weight excluding hydrogens is 244 g/mol. The third-order valence-corrected chi connectivity index (χ3v) is 2.86. The van der Waals surface area contributed by atoms with Crippen LogP contribution in [0.25, 0.3) is 0 Å². The van der Waals surface area contributed by atoms with Crippen LogP contribution < -0.4 is 27.0 Å². The molecule has 1 aliphatic rings. The Bertz CT molecular complexity index is 496. The molecule has 0 radical (unpaired) electrons. The summed E-state index contributed by atoms with van der Waals surface area (Å²) in [5, 5.41) is 11.7. The highest BCUT2D eigenvalue weighted by atomic mass is 16.5. The van der Waals surface area contributed by atoms with E-state index < -0.39 is 0 Å². The average Bonchev–Trinajstić information content (AvgIpc) is 2.43. The molecule has 102 valence electrons. The molecule has 2 rings (SSSR count). The second-order valence-electron chi connectivity index (χ2n) is 4.44. The number of anilines is 1. The SMILES string of the molecule is CC1C=CC(N)=C(Oc2ccc(N([O-])NN)cc2)C1. The lowest BCUT2D eigenvalue weighted by Gasteiger charge is -2.28. The fourth-order valence-electron chi connectivity index (χ4n) is 1.81. The minimum atomic E-state index is 0.397. The van der Waals surface area contributed by atoms with Gasteiger partial charge in [-0.3, -0.25) is 5.84 Å². The molecule has 0 amide bonds. The standard InChI is InChI=1S/C13H17N4O2/c1-9-2-7-12(14)13(8-9)19-11-5-3-10(4-6-11)17(18)16-15/h2-7,9,16H,8,14-15H2,1H3/q-1. The van der Waals surface area contributed by atoms with Crippen LogP contribution in [0.15, 0.2) is 47.9 Å². The summed E-state index contributed by atoms with van der Waals surface area (Å²) in [6, 6.07) is 6.61. The van der Waals surface area contributed by atoms with Gasteiger partial charge in [0.25, 0.3) is 0 Å². The Labute approximate surface area is 111 Å². The van der Waals surface area contributed by atoms with Gasteiger partial charge in [-0.2, -0.15) is 5.53 Å². The molecular formula is C13H17N4O2-. The Morgan fingerprint density at radius 1 is 1.37 bits per heavy atom. The van der Waals surface area contributed by atoms with Crippen molar-refractivity contribution >= 4 is 5.69 Å². The molecule has 1 atom stereocenters. The molecule has 0 heterocycles. The Morgan fingerprint density at radius 3 is 2.68 bits per heavy atom. The smallest absolute Gasteiger partial charge is 0.127 e. The number of allylic oxidation sites excluding steroid dienone is 3. The molecule has 6 nitrogen and oxygen atoms in total. The highest BCUT2D eigenvalue weighted by Gasteiger charge is 2.13. The molecule has 0 aromatic heterocycles. The van der Waals surface area contributed by atoms with Crippen LogP contribution in [0, 0.1) is 11.1 Å². The van der Waals surface area contributed by atoms with Crippen molar-refractivity contribution in [2.75, 3.05) is 5.17 Å². The topological polar surface area (TPSA) is 99.6 Å². The average molecular weight is 261 g/mol. The second kappa shape index (κ2) is 5.75. The minimum Gasteiger partial charge on any atom is -0.742 e. The zero-order valence-electron chi connectivity index (χ0n) is 10.7.